The van der Waals surface area contributed by atoms with Crippen LogP contribution in [0.15, 0.2) is 0 Å². The summed E-state index contributed by atoms with van der Waals surface area (Å²) in [4.78, 5) is 10.8. The number of ether oxygens (including phenoxy) is 1. The first-order valence-corrected chi connectivity index (χ1v) is 3.65. The predicted molar refractivity (Wildman–Crippen MR) is 42.8 cm³/mol. The van der Waals surface area contributed by atoms with Gasteiger partial charge in [0, 0.05) is 13.7 Å². The molecule has 0 radical (unpaired) electrons. The fraction of sp³-hybridized carbons (Fsp3) is 0.714. The molecule has 0 aromatic heterocycles. The fourth-order valence-electron chi connectivity index (χ4n) is 0.726. The van der Waals surface area contributed by atoms with Gasteiger partial charge in [-0.1, -0.05) is 0 Å². The zero-order valence-electron chi connectivity index (χ0n) is 7.04. The molecule has 0 aliphatic heterocycles. The van der Waals surface area contributed by atoms with E-state index < -0.39 is 11.9 Å². The Morgan fingerprint density at radius 2 is 2.50 bits per heavy atom. The van der Waals surface area contributed by atoms with E-state index in [-0.39, 0.29) is 0 Å². The van der Waals surface area contributed by atoms with Crippen LogP contribution in [-0.4, -0.2) is 25.7 Å². The molecule has 1 amide bonds. The van der Waals surface area contributed by atoms with Crippen molar-refractivity contribution in [3.63, 3.8) is 0 Å². The Hall–Kier alpha value is -1.12. The average molecular weight is 171 g/mol. The van der Waals surface area contributed by atoms with Crippen molar-refractivity contribution in [2.45, 2.75) is 18.9 Å². The van der Waals surface area contributed by atoms with Gasteiger partial charge in [-0.2, -0.15) is 5.26 Å². The average Bonchev–Trinajstić information content (AvgIpc) is 2.05. The number of methoxy groups -OCH3 is 1. The number of carbonyl (C=O) groups excluding carboxylic acids is 1. The number of hydrogen-bond donors (Lipinski definition) is 2. The lowest BCUT2D eigenvalue weighted by Gasteiger charge is -2.07. The highest BCUT2D eigenvalue weighted by atomic mass is 16.5. The van der Waals surface area contributed by atoms with E-state index in [2.05, 4.69) is 0 Å². The van der Waals surface area contributed by atoms with Crippen LogP contribution < -0.4 is 11.1 Å². The van der Waals surface area contributed by atoms with Gasteiger partial charge in [-0.15, -0.1) is 0 Å². The van der Waals surface area contributed by atoms with E-state index >= 15 is 0 Å². The second kappa shape index (κ2) is 6.58. The summed E-state index contributed by atoms with van der Waals surface area (Å²) in [6.45, 7) is 0.577. The topological polar surface area (TPSA) is 88.1 Å². The van der Waals surface area contributed by atoms with Crippen molar-refractivity contribution >= 4 is 5.91 Å². The first-order chi connectivity index (χ1) is 5.72. The van der Waals surface area contributed by atoms with Crippen LogP contribution in [0.3, 0.4) is 0 Å². The molecule has 5 nitrogen and oxygen atoms in total. The highest BCUT2D eigenvalue weighted by Gasteiger charge is 2.11. The lowest BCUT2D eigenvalue weighted by Crippen LogP contribution is -2.38. The van der Waals surface area contributed by atoms with E-state index in [1.54, 1.807) is 7.11 Å². The van der Waals surface area contributed by atoms with Crippen molar-refractivity contribution in [1.29, 1.82) is 5.26 Å². The number of rotatable bonds is 5. The summed E-state index contributed by atoms with van der Waals surface area (Å²) < 4.78 is 4.78. The quantitative estimate of drug-likeness (QED) is 0.326. The zero-order chi connectivity index (χ0) is 9.40. The lowest BCUT2D eigenvalue weighted by atomic mass is 10.1. The molecule has 0 spiro atoms. The molecule has 12 heavy (non-hydrogen) atoms. The smallest absolute Gasteiger partial charge is 0.249 e. The molecule has 5 heteroatoms. The Kier molecular flexibility index (Phi) is 5.97. The molecule has 0 heterocycles. The molecule has 1 unspecified atom stereocenters. The van der Waals surface area contributed by atoms with Gasteiger partial charge in [-0.05, 0) is 12.8 Å². The third-order valence-electron chi connectivity index (χ3n) is 1.38. The van der Waals surface area contributed by atoms with Crippen LogP contribution in [0.5, 0.6) is 0 Å². The van der Waals surface area contributed by atoms with E-state index in [1.165, 1.54) is 6.19 Å². The minimum absolute atomic E-state index is 0.436. The van der Waals surface area contributed by atoms with Gasteiger partial charge in [-0.3, -0.25) is 10.1 Å². The summed E-state index contributed by atoms with van der Waals surface area (Å²) in [6.07, 6.45) is 2.78. The SMILES string of the molecule is COCCCC(N)C(=O)NC#N. The number of nitrogens with zero attached hydrogens (tertiary/aromatic N) is 1. The molecule has 0 aromatic rings. The van der Waals surface area contributed by atoms with Crippen molar-refractivity contribution in [1.82, 2.24) is 5.32 Å². The molecular weight excluding hydrogens is 158 g/mol. The molecule has 0 aliphatic carbocycles. The van der Waals surface area contributed by atoms with Crippen LogP contribution in [0.2, 0.25) is 0 Å². The molecule has 0 aromatic carbocycles. The predicted octanol–water partition coefficient (Wildman–Crippen LogP) is -0.662. The van der Waals surface area contributed by atoms with Gasteiger partial charge in [0.05, 0.1) is 6.04 Å². The molecular formula is C7H13N3O2. The number of nitrogens with two attached hydrogens (primary N) is 1. The number of nitrogens with one attached hydrogen (secondary N) is 1. The maximum Gasteiger partial charge on any atom is 0.249 e. The molecule has 68 valence electrons. The summed E-state index contributed by atoms with van der Waals surface area (Å²) in [7, 11) is 1.58. The van der Waals surface area contributed by atoms with Gasteiger partial charge < -0.3 is 10.5 Å². The molecule has 0 rings (SSSR count). The van der Waals surface area contributed by atoms with Crippen LogP contribution in [0, 0.1) is 11.5 Å². The number of carbonyl (C=O) groups is 1. The second-order valence-electron chi connectivity index (χ2n) is 2.34. The van der Waals surface area contributed by atoms with Crippen molar-refractivity contribution in [2.75, 3.05) is 13.7 Å². The molecule has 3 N–H and O–H groups in total. The van der Waals surface area contributed by atoms with Gasteiger partial charge in [-0.25, -0.2) is 0 Å². The largest absolute Gasteiger partial charge is 0.385 e. The van der Waals surface area contributed by atoms with Gasteiger partial charge in [0.2, 0.25) is 5.91 Å². The van der Waals surface area contributed by atoms with Gasteiger partial charge >= 0.3 is 0 Å². The summed E-state index contributed by atoms with van der Waals surface area (Å²) >= 11 is 0. The van der Waals surface area contributed by atoms with E-state index in [1.807, 2.05) is 5.32 Å². The second-order valence-corrected chi connectivity index (χ2v) is 2.34. The highest BCUT2D eigenvalue weighted by molar-refractivity contribution is 5.82. The summed E-state index contributed by atoms with van der Waals surface area (Å²) in [5.74, 6) is -0.436. The van der Waals surface area contributed by atoms with Crippen molar-refractivity contribution in [2.24, 2.45) is 5.73 Å². The number of amides is 1. The van der Waals surface area contributed by atoms with Crippen LogP contribution in [-0.2, 0) is 9.53 Å². The lowest BCUT2D eigenvalue weighted by molar-refractivity contribution is -0.121. The summed E-state index contributed by atoms with van der Waals surface area (Å²) in [5, 5.41) is 10.1. The van der Waals surface area contributed by atoms with E-state index in [9.17, 15) is 4.79 Å². The molecule has 0 saturated carbocycles. The minimum atomic E-state index is -0.611. The zero-order valence-corrected chi connectivity index (χ0v) is 7.04. The Bertz CT molecular complexity index is 176. The Labute approximate surface area is 71.5 Å². The van der Waals surface area contributed by atoms with Gasteiger partial charge in [0.1, 0.15) is 0 Å². The molecule has 0 bridgehead atoms. The molecule has 1 atom stereocenters. The number of hydrogen-bond acceptors (Lipinski definition) is 4. The van der Waals surface area contributed by atoms with Crippen LogP contribution >= 0.6 is 0 Å². The van der Waals surface area contributed by atoms with E-state index in [0.717, 1.165) is 6.42 Å². The first kappa shape index (κ1) is 10.9. The third kappa shape index (κ3) is 4.66. The molecule has 0 aliphatic rings. The van der Waals surface area contributed by atoms with E-state index in [0.29, 0.717) is 13.0 Å². The maximum atomic E-state index is 10.8. The van der Waals surface area contributed by atoms with Crippen molar-refractivity contribution in [3.8, 4) is 6.19 Å². The third-order valence-corrected chi connectivity index (χ3v) is 1.38. The normalized spacial score (nSPS) is 11.8. The highest BCUT2D eigenvalue weighted by Crippen LogP contribution is 1.94. The standard InChI is InChI=1S/C7H13N3O2/c1-12-4-2-3-6(9)7(11)10-5-8/h6H,2-4,9H2,1H3,(H,10,11). The van der Waals surface area contributed by atoms with Crippen LogP contribution in [0.4, 0.5) is 0 Å². The Morgan fingerprint density at radius 1 is 1.83 bits per heavy atom. The Balaban J connectivity index is 3.51. The molecule has 0 saturated heterocycles. The minimum Gasteiger partial charge on any atom is -0.385 e. The van der Waals surface area contributed by atoms with Crippen LogP contribution in [0.1, 0.15) is 12.8 Å². The Morgan fingerprint density at radius 3 is 3.00 bits per heavy atom. The number of nitriles is 1. The molecule has 0 fully saturated rings. The van der Waals surface area contributed by atoms with Crippen LogP contribution in [0.25, 0.3) is 0 Å². The van der Waals surface area contributed by atoms with E-state index in [4.69, 9.17) is 15.7 Å². The summed E-state index contributed by atoms with van der Waals surface area (Å²) in [5.41, 5.74) is 5.43. The summed E-state index contributed by atoms with van der Waals surface area (Å²) in [6, 6.07) is -0.611. The van der Waals surface area contributed by atoms with Gasteiger partial charge in [0.25, 0.3) is 0 Å². The maximum absolute atomic E-state index is 10.8. The fourth-order valence-corrected chi connectivity index (χ4v) is 0.726. The first-order valence-electron chi connectivity index (χ1n) is 3.65. The van der Waals surface area contributed by atoms with Crippen molar-refractivity contribution < 1.29 is 9.53 Å². The monoisotopic (exact) mass is 171 g/mol. The van der Waals surface area contributed by atoms with Crippen molar-refractivity contribution in [3.05, 3.63) is 0 Å². The van der Waals surface area contributed by atoms with Gasteiger partial charge in [0.15, 0.2) is 6.19 Å².